The molecule has 0 aliphatic rings. The van der Waals surface area contributed by atoms with Crippen LogP contribution in [-0.4, -0.2) is 18.1 Å². The Labute approximate surface area is 109 Å². The molecule has 0 radical (unpaired) electrons. The highest BCUT2D eigenvalue weighted by Crippen LogP contribution is 2.24. The minimum atomic E-state index is -0.509. The van der Waals surface area contributed by atoms with E-state index < -0.39 is 5.97 Å². The van der Waals surface area contributed by atoms with Crippen molar-refractivity contribution in [3.05, 3.63) is 47.3 Å². The summed E-state index contributed by atoms with van der Waals surface area (Å²) in [5.74, 6) is 0.378. The van der Waals surface area contributed by atoms with E-state index in [1.165, 1.54) is 36.2 Å². The SMILES string of the molecule is COC(=O)c1cnc(SCc2ccccc2C)o1. The van der Waals surface area contributed by atoms with Crippen molar-refractivity contribution < 1.29 is 13.9 Å². The third-order valence-corrected chi connectivity index (χ3v) is 3.37. The lowest BCUT2D eigenvalue weighted by molar-refractivity contribution is 0.0559. The summed E-state index contributed by atoms with van der Waals surface area (Å²) in [7, 11) is 1.31. The average molecular weight is 263 g/mol. The number of esters is 1. The first kappa shape index (κ1) is 12.7. The van der Waals surface area contributed by atoms with Crippen LogP contribution in [0.2, 0.25) is 0 Å². The van der Waals surface area contributed by atoms with Crippen molar-refractivity contribution in [1.29, 1.82) is 0 Å². The van der Waals surface area contributed by atoms with Crippen LogP contribution >= 0.6 is 11.8 Å². The number of hydrogen-bond donors (Lipinski definition) is 0. The Kier molecular flexibility index (Phi) is 4.04. The summed E-state index contributed by atoms with van der Waals surface area (Å²) in [6.45, 7) is 2.06. The highest BCUT2D eigenvalue weighted by atomic mass is 32.2. The van der Waals surface area contributed by atoms with Crippen molar-refractivity contribution >= 4 is 17.7 Å². The quantitative estimate of drug-likeness (QED) is 0.626. The first-order valence-corrected chi connectivity index (χ1v) is 6.40. The summed E-state index contributed by atoms with van der Waals surface area (Å²) >= 11 is 1.45. The van der Waals surface area contributed by atoms with Gasteiger partial charge in [-0.05, 0) is 18.1 Å². The van der Waals surface area contributed by atoms with Crippen LogP contribution in [0.4, 0.5) is 0 Å². The van der Waals surface area contributed by atoms with E-state index in [1.807, 2.05) is 12.1 Å². The van der Waals surface area contributed by atoms with Crippen LogP contribution in [0.1, 0.15) is 21.7 Å². The average Bonchev–Trinajstić information content (AvgIpc) is 2.86. The minimum absolute atomic E-state index is 0.129. The van der Waals surface area contributed by atoms with E-state index in [9.17, 15) is 4.79 Å². The zero-order valence-corrected chi connectivity index (χ0v) is 11.0. The molecule has 1 aromatic carbocycles. The second-order valence-corrected chi connectivity index (χ2v) is 4.62. The molecule has 5 heteroatoms. The van der Waals surface area contributed by atoms with E-state index in [-0.39, 0.29) is 5.76 Å². The van der Waals surface area contributed by atoms with Crippen molar-refractivity contribution in [2.24, 2.45) is 0 Å². The summed E-state index contributed by atoms with van der Waals surface area (Å²) in [6.07, 6.45) is 1.38. The normalized spacial score (nSPS) is 10.3. The van der Waals surface area contributed by atoms with Crippen LogP contribution in [0.3, 0.4) is 0 Å². The summed E-state index contributed by atoms with van der Waals surface area (Å²) in [6, 6.07) is 8.13. The molecule has 0 saturated heterocycles. The first-order valence-electron chi connectivity index (χ1n) is 5.42. The van der Waals surface area contributed by atoms with Gasteiger partial charge in [-0.25, -0.2) is 9.78 Å². The van der Waals surface area contributed by atoms with Crippen LogP contribution in [0.25, 0.3) is 0 Å². The summed E-state index contributed by atoms with van der Waals surface area (Å²) in [5.41, 5.74) is 2.45. The third kappa shape index (κ3) is 2.92. The van der Waals surface area contributed by atoms with Gasteiger partial charge in [0, 0.05) is 5.75 Å². The molecular formula is C13H13NO3S. The minimum Gasteiger partial charge on any atom is -0.463 e. The van der Waals surface area contributed by atoms with Crippen molar-refractivity contribution in [2.45, 2.75) is 17.9 Å². The molecular weight excluding hydrogens is 250 g/mol. The van der Waals surface area contributed by atoms with Crippen molar-refractivity contribution in [2.75, 3.05) is 7.11 Å². The number of thioether (sulfide) groups is 1. The van der Waals surface area contributed by atoms with Crippen molar-refractivity contribution in [1.82, 2.24) is 4.98 Å². The fraction of sp³-hybridized carbons (Fsp3) is 0.231. The largest absolute Gasteiger partial charge is 0.463 e. The number of oxazole rings is 1. The Balaban J connectivity index is 2.01. The van der Waals surface area contributed by atoms with Gasteiger partial charge in [-0.3, -0.25) is 0 Å². The number of nitrogens with zero attached hydrogens (tertiary/aromatic N) is 1. The summed E-state index contributed by atoms with van der Waals surface area (Å²) < 4.78 is 9.82. The van der Waals surface area contributed by atoms with E-state index in [2.05, 4.69) is 28.8 Å². The van der Waals surface area contributed by atoms with Gasteiger partial charge in [0.15, 0.2) is 0 Å². The molecule has 1 aromatic heterocycles. The molecule has 18 heavy (non-hydrogen) atoms. The van der Waals surface area contributed by atoms with E-state index in [0.717, 1.165) is 5.75 Å². The molecule has 0 amide bonds. The van der Waals surface area contributed by atoms with Gasteiger partial charge in [-0.1, -0.05) is 36.0 Å². The fourth-order valence-electron chi connectivity index (χ4n) is 1.43. The zero-order chi connectivity index (χ0) is 13.0. The maximum absolute atomic E-state index is 11.2. The van der Waals surface area contributed by atoms with E-state index in [1.54, 1.807) is 0 Å². The smallest absolute Gasteiger partial charge is 0.375 e. The molecule has 0 fully saturated rings. The number of rotatable bonds is 4. The Morgan fingerprint density at radius 3 is 2.94 bits per heavy atom. The predicted octanol–water partition coefficient (Wildman–Crippen LogP) is 3.06. The molecule has 0 aliphatic heterocycles. The molecule has 1 heterocycles. The van der Waals surface area contributed by atoms with Gasteiger partial charge >= 0.3 is 5.97 Å². The summed E-state index contributed by atoms with van der Waals surface area (Å²) in [5, 5.41) is 0.471. The molecule has 0 saturated carbocycles. The standard InChI is InChI=1S/C13H13NO3S/c1-9-5-3-4-6-10(9)8-18-13-14-7-11(17-13)12(15)16-2/h3-7H,8H2,1-2H3. The maximum atomic E-state index is 11.2. The molecule has 0 aliphatic carbocycles. The van der Waals surface area contributed by atoms with Crippen LogP contribution in [0.5, 0.6) is 0 Å². The predicted molar refractivity (Wildman–Crippen MR) is 68.6 cm³/mol. The first-order chi connectivity index (χ1) is 8.70. The Morgan fingerprint density at radius 2 is 2.22 bits per heavy atom. The second kappa shape index (κ2) is 5.73. The van der Waals surface area contributed by atoms with Gasteiger partial charge in [0.2, 0.25) is 5.76 Å². The number of ether oxygens (including phenoxy) is 1. The number of aryl methyl sites for hydroxylation is 1. The molecule has 2 aromatic rings. The molecule has 0 atom stereocenters. The van der Waals surface area contributed by atoms with Crippen molar-refractivity contribution in [3.8, 4) is 0 Å². The Bertz CT molecular complexity index is 551. The van der Waals surface area contributed by atoms with Gasteiger partial charge in [-0.2, -0.15) is 0 Å². The third-order valence-electron chi connectivity index (χ3n) is 2.48. The number of aromatic nitrogens is 1. The lowest BCUT2D eigenvalue weighted by Gasteiger charge is -2.02. The molecule has 0 bridgehead atoms. The molecule has 0 unspecified atom stereocenters. The van der Waals surface area contributed by atoms with Crippen LogP contribution in [0.15, 0.2) is 40.1 Å². The number of carbonyl (C=O) groups is 1. The van der Waals surface area contributed by atoms with Gasteiger partial charge in [-0.15, -0.1) is 0 Å². The fourth-order valence-corrected chi connectivity index (χ4v) is 2.31. The monoisotopic (exact) mass is 263 g/mol. The highest BCUT2D eigenvalue weighted by molar-refractivity contribution is 7.98. The number of hydrogen-bond acceptors (Lipinski definition) is 5. The number of benzene rings is 1. The van der Waals surface area contributed by atoms with Gasteiger partial charge in [0.05, 0.1) is 13.3 Å². The molecule has 0 spiro atoms. The Morgan fingerprint density at radius 1 is 1.44 bits per heavy atom. The van der Waals surface area contributed by atoms with Crippen molar-refractivity contribution in [3.63, 3.8) is 0 Å². The number of methoxy groups -OCH3 is 1. The van der Waals surface area contributed by atoms with Crippen LogP contribution in [0, 0.1) is 6.92 Å². The van der Waals surface area contributed by atoms with E-state index in [0.29, 0.717) is 5.22 Å². The second-order valence-electron chi connectivity index (χ2n) is 3.70. The molecule has 94 valence electrons. The van der Waals surface area contributed by atoms with E-state index in [4.69, 9.17) is 4.42 Å². The van der Waals surface area contributed by atoms with Crippen LogP contribution in [-0.2, 0) is 10.5 Å². The molecule has 4 nitrogen and oxygen atoms in total. The Hall–Kier alpha value is -1.75. The highest BCUT2D eigenvalue weighted by Gasteiger charge is 2.12. The lowest BCUT2D eigenvalue weighted by Crippen LogP contribution is -1.98. The molecule has 2 rings (SSSR count). The zero-order valence-electron chi connectivity index (χ0n) is 10.2. The number of carbonyl (C=O) groups excluding carboxylic acids is 1. The van der Waals surface area contributed by atoms with Gasteiger partial charge in [0.1, 0.15) is 0 Å². The van der Waals surface area contributed by atoms with E-state index >= 15 is 0 Å². The maximum Gasteiger partial charge on any atom is 0.375 e. The summed E-state index contributed by atoms with van der Waals surface area (Å²) in [4.78, 5) is 15.2. The lowest BCUT2D eigenvalue weighted by atomic mass is 10.1. The van der Waals surface area contributed by atoms with Gasteiger partial charge in [0.25, 0.3) is 5.22 Å². The van der Waals surface area contributed by atoms with Gasteiger partial charge < -0.3 is 9.15 Å². The topological polar surface area (TPSA) is 52.3 Å². The molecule has 0 N–H and O–H groups in total. The van der Waals surface area contributed by atoms with Crippen LogP contribution < -0.4 is 0 Å².